The summed E-state index contributed by atoms with van der Waals surface area (Å²) in [5, 5.41) is 14.5. The Bertz CT molecular complexity index is 505. The van der Waals surface area contributed by atoms with E-state index in [0.29, 0.717) is 11.6 Å². The van der Waals surface area contributed by atoms with Crippen LogP contribution in [0, 0.1) is 18.3 Å². The topological polar surface area (TPSA) is 65.0 Å². The molecule has 0 aliphatic carbocycles. The molecule has 23 heavy (non-hydrogen) atoms. The average Bonchev–Trinajstić information content (AvgIpc) is 2.56. The molecular formula is C19H31N3O. The van der Waals surface area contributed by atoms with Crippen molar-refractivity contribution in [1.82, 2.24) is 10.6 Å². The minimum Gasteiger partial charge on any atom is -0.317 e. The molecule has 0 atom stereocenters. The lowest BCUT2D eigenvalue weighted by atomic mass is 9.92. The molecule has 1 aromatic carbocycles. The molecule has 0 unspecified atom stereocenters. The quantitative estimate of drug-likeness (QED) is 0.578. The van der Waals surface area contributed by atoms with Crippen LogP contribution in [-0.2, 0) is 4.79 Å². The normalized spacial score (nSPS) is 15.5. The van der Waals surface area contributed by atoms with Gasteiger partial charge in [-0.1, -0.05) is 24.3 Å². The maximum Gasteiger partial charge on any atom is 0.123 e. The van der Waals surface area contributed by atoms with E-state index in [-0.39, 0.29) is 5.54 Å². The van der Waals surface area contributed by atoms with Crippen LogP contribution in [-0.4, -0.2) is 37.7 Å². The Morgan fingerprint density at radius 1 is 1.35 bits per heavy atom. The zero-order valence-electron chi connectivity index (χ0n) is 14.9. The number of carbonyl (C=O) groups is 1. The molecule has 0 spiro atoms. The predicted molar refractivity (Wildman–Crippen MR) is 97.4 cm³/mol. The third-order valence-corrected chi connectivity index (χ3v) is 4.34. The Balaban J connectivity index is 0.000000277. The van der Waals surface area contributed by atoms with Crippen LogP contribution in [0.15, 0.2) is 24.3 Å². The number of aldehydes is 1. The summed E-state index contributed by atoms with van der Waals surface area (Å²) in [5.74, 6) is 0.344. The Morgan fingerprint density at radius 3 is 2.43 bits per heavy atom. The first-order valence-corrected chi connectivity index (χ1v) is 8.38. The zero-order valence-corrected chi connectivity index (χ0v) is 14.9. The molecular weight excluding hydrogens is 286 g/mol. The number of benzene rings is 1. The Labute approximate surface area is 140 Å². The molecule has 0 bridgehead atoms. The van der Waals surface area contributed by atoms with Crippen molar-refractivity contribution >= 4 is 12.0 Å². The van der Waals surface area contributed by atoms with Crippen molar-refractivity contribution in [3.8, 4) is 0 Å². The summed E-state index contributed by atoms with van der Waals surface area (Å²) in [6.45, 7) is 8.31. The van der Waals surface area contributed by atoms with Crippen LogP contribution < -0.4 is 10.6 Å². The SMILES string of the molecule is CNC(C)(C)CC(=N)c1ccccc1C.O=CC1CCNCC1. The molecule has 1 aliphatic heterocycles. The van der Waals surface area contributed by atoms with Crippen molar-refractivity contribution in [2.75, 3.05) is 20.1 Å². The molecule has 2 rings (SSSR count). The first kappa shape index (κ1) is 19.5. The van der Waals surface area contributed by atoms with Gasteiger partial charge in [0, 0.05) is 23.6 Å². The molecule has 4 nitrogen and oxygen atoms in total. The Morgan fingerprint density at radius 2 is 1.96 bits per heavy atom. The van der Waals surface area contributed by atoms with Gasteiger partial charge < -0.3 is 20.8 Å². The number of carbonyl (C=O) groups excluding carboxylic acids is 1. The Kier molecular flexibility index (Phi) is 8.13. The van der Waals surface area contributed by atoms with E-state index in [4.69, 9.17) is 5.41 Å². The van der Waals surface area contributed by atoms with Gasteiger partial charge in [0.25, 0.3) is 0 Å². The van der Waals surface area contributed by atoms with Gasteiger partial charge in [-0.05, 0) is 64.9 Å². The van der Waals surface area contributed by atoms with E-state index in [1.807, 2.05) is 25.2 Å². The molecule has 4 heteroatoms. The summed E-state index contributed by atoms with van der Waals surface area (Å²) in [5.41, 5.74) is 2.92. The molecule has 1 heterocycles. The minimum absolute atomic E-state index is 0.0145. The second-order valence-corrected chi connectivity index (χ2v) is 6.83. The highest BCUT2D eigenvalue weighted by molar-refractivity contribution is 6.00. The van der Waals surface area contributed by atoms with Gasteiger partial charge in [0.15, 0.2) is 0 Å². The number of rotatable bonds is 5. The third kappa shape index (κ3) is 7.06. The van der Waals surface area contributed by atoms with Crippen LogP contribution in [0.3, 0.4) is 0 Å². The first-order chi connectivity index (χ1) is 10.9. The lowest BCUT2D eigenvalue weighted by molar-refractivity contribution is -0.111. The molecule has 0 amide bonds. The largest absolute Gasteiger partial charge is 0.317 e. The summed E-state index contributed by atoms with van der Waals surface area (Å²) in [6.07, 6.45) is 3.88. The standard InChI is InChI=1S/C13H20N2.C6H11NO/c1-10-7-5-6-8-11(10)12(14)9-13(2,3)15-4;8-5-6-1-3-7-4-2-6/h5-8,14-15H,9H2,1-4H3;5-7H,1-4H2. The fourth-order valence-electron chi connectivity index (χ4n) is 2.52. The van der Waals surface area contributed by atoms with Crippen molar-refractivity contribution in [2.45, 2.75) is 45.6 Å². The van der Waals surface area contributed by atoms with Gasteiger partial charge in [-0.3, -0.25) is 0 Å². The van der Waals surface area contributed by atoms with Crippen molar-refractivity contribution in [3.63, 3.8) is 0 Å². The molecule has 1 saturated heterocycles. The summed E-state index contributed by atoms with van der Waals surface area (Å²) in [7, 11) is 1.94. The van der Waals surface area contributed by atoms with E-state index in [1.54, 1.807) is 0 Å². The van der Waals surface area contributed by atoms with Crippen molar-refractivity contribution in [1.29, 1.82) is 5.41 Å². The highest BCUT2D eigenvalue weighted by Crippen LogP contribution is 2.15. The van der Waals surface area contributed by atoms with Crippen LogP contribution in [0.25, 0.3) is 0 Å². The van der Waals surface area contributed by atoms with Gasteiger partial charge in [0.2, 0.25) is 0 Å². The first-order valence-electron chi connectivity index (χ1n) is 8.38. The van der Waals surface area contributed by atoms with Crippen LogP contribution in [0.2, 0.25) is 0 Å². The number of nitrogens with one attached hydrogen (secondary N) is 3. The monoisotopic (exact) mass is 317 g/mol. The van der Waals surface area contributed by atoms with E-state index in [2.05, 4.69) is 37.5 Å². The fourth-order valence-corrected chi connectivity index (χ4v) is 2.52. The highest BCUT2D eigenvalue weighted by atomic mass is 16.1. The van der Waals surface area contributed by atoms with Crippen LogP contribution >= 0.6 is 0 Å². The van der Waals surface area contributed by atoms with Crippen LogP contribution in [0.5, 0.6) is 0 Å². The molecule has 1 aliphatic rings. The van der Waals surface area contributed by atoms with Crippen molar-refractivity contribution in [2.24, 2.45) is 5.92 Å². The van der Waals surface area contributed by atoms with Crippen LogP contribution in [0.4, 0.5) is 0 Å². The van der Waals surface area contributed by atoms with E-state index in [1.165, 1.54) is 5.56 Å². The molecule has 128 valence electrons. The van der Waals surface area contributed by atoms with Gasteiger partial charge >= 0.3 is 0 Å². The second-order valence-electron chi connectivity index (χ2n) is 6.83. The van der Waals surface area contributed by atoms with E-state index >= 15 is 0 Å². The van der Waals surface area contributed by atoms with E-state index in [0.717, 1.165) is 44.2 Å². The fraction of sp³-hybridized carbons (Fsp3) is 0.579. The summed E-state index contributed by atoms with van der Waals surface area (Å²) < 4.78 is 0. The van der Waals surface area contributed by atoms with E-state index in [9.17, 15) is 4.79 Å². The molecule has 1 fully saturated rings. The van der Waals surface area contributed by atoms with Crippen molar-refractivity contribution in [3.05, 3.63) is 35.4 Å². The summed E-state index contributed by atoms with van der Waals surface area (Å²) in [4.78, 5) is 10.1. The lowest BCUT2D eigenvalue weighted by Gasteiger charge is -2.24. The van der Waals surface area contributed by atoms with Crippen molar-refractivity contribution < 1.29 is 4.79 Å². The van der Waals surface area contributed by atoms with Gasteiger partial charge in [-0.25, -0.2) is 0 Å². The molecule has 1 aromatic rings. The number of piperidine rings is 1. The maximum atomic E-state index is 10.1. The molecule has 0 saturated carbocycles. The van der Waals surface area contributed by atoms with Crippen LogP contribution in [0.1, 0.15) is 44.2 Å². The molecule has 3 N–H and O–H groups in total. The second kappa shape index (κ2) is 9.58. The van der Waals surface area contributed by atoms with Gasteiger partial charge in [-0.15, -0.1) is 0 Å². The van der Waals surface area contributed by atoms with Gasteiger partial charge in [0.05, 0.1) is 0 Å². The lowest BCUT2D eigenvalue weighted by Crippen LogP contribution is -2.38. The highest BCUT2D eigenvalue weighted by Gasteiger charge is 2.18. The third-order valence-electron chi connectivity index (χ3n) is 4.34. The minimum atomic E-state index is -0.0145. The smallest absolute Gasteiger partial charge is 0.123 e. The number of aryl methyl sites for hydroxylation is 1. The summed E-state index contributed by atoms with van der Waals surface area (Å²) >= 11 is 0. The summed E-state index contributed by atoms with van der Waals surface area (Å²) in [6, 6.07) is 8.07. The maximum absolute atomic E-state index is 10.1. The van der Waals surface area contributed by atoms with Gasteiger partial charge in [-0.2, -0.15) is 0 Å². The number of hydrogen-bond acceptors (Lipinski definition) is 4. The zero-order chi connectivity index (χ0) is 17.3. The predicted octanol–water partition coefficient (Wildman–Crippen LogP) is 2.94. The van der Waals surface area contributed by atoms with E-state index < -0.39 is 0 Å². The number of hydrogen-bond donors (Lipinski definition) is 3. The molecule has 0 aromatic heterocycles. The van der Waals surface area contributed by atoms with Gasteiger partial charge in [0.1, 0.15) is 6.29 Å². The Hall–Kier alpha value is -1.52. The molecule has 0 radical (unpaired) electrons. The average molecular weight is 317 g/mol.